The Morgan fingerprint density at radius 3 is 2.95 bits per heavy atom. The number of ether oxygens (including phenoxy) is 1. The number of aliphatic carboxylic acids is 1. The maximum Gasteiger partial charge on any atom is 0.305 e. The fourth-order valence-corrected chi connectivity index (χ4v) is 2.62. The zero-order chi connectivity index (χ0) is 14.9. The molecule has 7 heteroatoms. The summed E-state index contributed by atoms with van der Waals surface area (Å²) in [4.78, 5) is 23.4. The molecule has 0 saturated carbocycles. The van der Waals surface area contributed by atoms with Crippen molar-refractivity contribution in [2.24, 2.45) is 0 Å². The monoisotopic (exact) mass is 289 g/mol. The number of aromatic nitrogens is 2. The van der Waals surface area contributed by atoms with Gasteiger partial charge in [-0.15, -0.1) is 0 Å². The Labute approximate surface area is 120 Å². The lowest BCUT2D eigenvalue weighted by atomic mass is 9.94. The summed E-state index contributed by atoms with van der Waals surface area (Å²) >= 11 is 0. The minimum atomic E-state index is -0.965. The van der Waals surface area contributed by atoms with Crippen LogP contribution in [0.5, 0.6) is 0 Å². The first kappa shape index (κ1) is 13.6. The number of hydrogen-bond donors (Lipinski definition) is 3. The van der Waals surface area contributed by atoms with E-state index in [4.69, 9.17) is 9.84 Å². The zero-order valence-electron chi connectivity index (χ0n) is 11.3. The van der Waals surface area contributed by atoms with E-state index in [9.17, 15) is 9.59 Å². The molecule has 110 valence electrons. The van der Waals surface area contributed by atoms with Crippen molar-refractivity contribution in [1.82, 2.24) is 15.5 Å². The van der Waals surface area contributed by atoms with Crippen LogP contribution in [-0.2, 0) is 9.53 Å². The first-order valence-corrected chi connectivity index (χ1v) is 6.65. The van der Waals surface area contributed by atoms with Crippen molar-refractivity contribution in [3.63, 3.8) is 0 Å². The van der Waals surface area contributed by atoms with E-state index in [2.05, 4.69) is 15.5 Å². The highest BCUT2D eigenvalue weighted by atomic mass is 16.5. The molecule has 21 heavy (non-hydrogen) atoms. The van der Waals surface area contributed by atoms with Crippen LogP contribution in [0.4, 0.5) is 0 Å². The molecule has 1 aliphatic rings. The summed E-state index contributed by atoms with van der Waals surface area (Å²) in [6, 6.07) is 7.28. The van der Waals surface area contributed by atoms with Crippen LogP contribution in [0.3, 0.4) is 0 Å². The van der Waals surface area contributed by atoms with Gasteiger partial charge in [0.15, 0.2) is 5.69 Å². The second-order valence-corrected chi connectivity index (χ2v) is 5.23. The summed E-state index contributed by atoms with van der Waals surface area (Å²) in [6.45, 7) is 0.641. The van der Waals surface area contributed by atoms with Crippen LogP contribution in [0.2, 0.25) is 0 Å². The van der Waals surface area contributed by atoms with Gasteiger partial charge in [0, 0.05) is 12.0 Å². The number of carboxylic acid groups (broad SMARTS) is 1. The van der Waals surface area contributed by atoms with Crippen molar-refractivity contribution in [2.45, 2.75) is 18.4 Å². The van der Waals surface area contributed by atoms with E-state index in [0.29, 0.717) is 18.4 Å². The van der Waals surface area contributed by atoms with Crippen molar-refractivity contribution in [2.75, 3.05) is 13.2 Å². The Morgan fingerprint density at radius 2 is 2.24 bits per heavy atom. The van der Waals surface area contributed by atoms with Gasteiger partial charge in [0.25, 0.3) is 5.91 Å². The first-order valence-electron chi connectivity index (χ1n) is 6.65. The van der Waals surface area contributed by atoms with Gasteiger partial charge in [-0.3, -0.25) is 14.7 Å². The summed E-state index contributed by atoms with van der Waals surface area (Å²) in [5.74, 6) is -1.35. The first-order chi connectivity index (χ1) is 10.1. The quantitative estimate of drug-likeness (QED) is 0.776. The number of carbonyl (C=O) groups excluding carboxylic acids is 1. The molecule has 1 aliphatic heterocycles. The van der Waals surface area contributed by atoms with Gasteiger partial charge in [-0.1, -0.05) is 18.2 Å². The summed E-state index contributed by atoms with van der Waals surface area (Å²) < 4.78 is 5.26. The Bertz CT molecular complexity index is 688. The topological polar surface area (TPSA) is 104 Å². The molecule has 1 amide bonds. The van der Waals surface area contributed by atoms with Crippen molar-refractivity contribution >= 4 is 22.8 Å². The molecule has 1 unspecified atom stereocenters. The number of carbonyl (C=O) groups is 2. The van der Waals surface area contributed by atoms with Gasteiger partial charge in [0.2, 0.25) is 0 Å². The maximum absolute atomic E-state index is 12.4. The Hall–Kier alpha value is -2.41. The largest absolute Gasteiger partial charge is 0.481 e. The molecule has 3 N–H and O–H groups in total. The summed E-state index contributed by atoms with van der Waals surface area (Å²) in [7, 11) is 0. The van der Waals surface area contributed by atoms with Crippen LogP contribution in [0.1, 0.15) is 23.3 Å². The predicted molar refractivity (Wildman–Crippen MR) is 74.0 cm³/mol. The molecule has 3 rings (SSSR count). The second kappa shape index (κ2) is 5.17. The molecule has 1 fully saturated rings. The highest BCUT2D eigenvalue weighted by molar-refractivity contribution is 6.05. The second-order valence-electron chi connectivity index (χ2n) is 5.23. The number of hydrogen-bond acceptors (Lipinski definition) is 4. The molecule has 0 bridgehead atoms. The van der Waals surface area contributed by atoms with Gasteiger partial charge >= 0.3 is 5.97 Å². The Kier molecular flexibility index (Phi) is 3.34. The van der Waals surface area contributed by atoms with Crippen LogP contribution in [-0.4, -0.2) is 45.9 Å². The van der Waals surface area contributed by atoms with Crippen molar-refractivity contribution in [1.29, 1.82) is 0 Å². The standard InChI is InChI=1S/C14H15N3O4/c18-11(19)7-14(5-6-21-8-14)15-13(20)12-9-3-1-2-4-10(9)16-17-12/h1-4H,5-8H2,(H,15,20)(H,16,17)(H,18,19). The average Bonchev–Trinajstić information content (AvgIpc) is 3.04. The van der Waals surface area contributed by atoms with Gasteiger partial charge < -0.3 is 15.2 Å². The van der Waals surface area contributed by atoms with E-state index >= 15 is 0 Å². The molecule has 7 nitrogen and oxygen atoms in total. The lowest BCUT2D eigenvalue weighted by molar-refractivity contribution is -0.138. The highest BCUT2D eigenvalue weighted by Crippen LogP contribution is 2.24. The SMILES string of the molecule is O=C(O)CC1(NC(=O)c2n[nH]c3ccccc23)CCOC1. The number of benzene rings is 1. The van der Waals surface area contributed by atoms with Crippen LogP contribution in [0.25, 0.3) is 10.9 Å². The summed E-state index contributed by atoms with van der Waals surface area (Å²) in [6.07, 6.45) is 0.314. The average molecular weight is 289 g/mol. The molecule has 1 saturated heterocycles. The van der Waals surface area contributed by atoms with Crippen LogP contribution in [0, 0.1) is 0 Å². The number of amides is 1. The number of rotatable bonds is 4. The summed E-state index contributed by atoms with van der Waals surface area (Å²) in [5, 5.41) is 19.3. The molecule has 0 aliphatic carbocycles. The van der Waals surface area contributed by atoms with Crippen molar-refractivity contribution in [3.05, 3.63) is 30.0 Å². The number of nitrogens with one attached hydrogen (secondary N) is 2. The Balaban J connectivity index is 1.86. The van der Waals surface area contributed by atoms with Crippen LogP contribution in [0.15, 0.2) is 24.3 Å². The van der Waals surface area contributed by atoms with E-state index in [0.717, 1.165) is 5.52 Å². The van der Waals surface area contributed by atoms with E-state index < -0.39 is 11.5 Å². The minimum Gasteiger partial charge on any atom is -0.481 e. The third-order valence-electron chi connectivity index (χ3n) is 3.66. The maximum atomic E-state index is 12.4. The van der Waals surface area contributed by atoms with Gasteiger partial charge in [-0.05, 0) is 12.5 Å². The van der Waals surface area contributed by atoms with E-state index in [1.807, 2.05) is 18.2 Å². The van der Waals surface area contributed by atoms with Crippen molar-refractivity contribution < 1.29 is 19.4 Å². The summed E-state index contributed by atoms with van der Waals surface area (Å²) in [5.41, 5.74) is 0.169. The number of nitrogens with zero attached hydrogens (tertiary/aromatic N) is 1. The fraction of sp³-hybridized carbons (Fsp3) is 0.357. The zero-order valence-corrected chi connectivity index (χ0v) is 11.3. The third kappa shape index (κ3) is 2.59. The lowest BCUT2D eigenvalue weighted by Gasteiger charge is -2.26. The molecule has 2 heterocycles. The molecular formula is C14H15N3O4. The molecule has 1 aromatic carbocycles. The predicted octanol–water partition coefficient (Wildman–Crippen LogP) is 0.926. The number of H-pyrrole nitrogens is 1. The molecule has 0 spiro atoms. The molecular weight excluding hydrogens is 274 g/mol. The number of fused-ring (bicyclic) bond motifs is 1. The van der Waals surface area contributed by atoms with Gasteiger partial charge in [-0.25, -0.2) is 0 Å². The lowest BCUT2D eigenvalue weighted by Crippen LogP contribution is -2.50. The van der Waals surface area contributed by atoms with E-state index in [1.165, 1.54) is 0 Å². The third-order valence-corrected chi connectivity index (χ3v) is 3.66. The highest BCUT2D eigenvalue weighted by Gasteiger charge is 2.39. The van der Waals surface area contributed by atoms with Crippen LogP contribution >= 0.6 is 0 Å². The fourth-order valence-electron chi connectivity index (χ4n) is 2.62. The van der Waals surface area contributed by atoms with Crippen molar-refractivity contribution in [3.8, 4) is 0 Å². The normalized spacial score (nSPS) is 21.5. The molecule has 1 atom stereocenters. The van der Waals surface area contributed by atoms with Gasteiger partial charge in [-0.2, -0.15) is 5.10 Å². The van der Waals surface area contributed by atoms with E-state index in [1.54, 1.807) is 6.07 Å². The Morgan fingerprint density at radius 1 is 1.43 bits per heavy atom. The van der Waals surface area contributed by atoms with Gasteiger partial charge in [0.05, 0.1) is 24.1 Å². The molecule has 1 aromatic heterocycles. The van der Waals surface area contributed by atoms with Crippen LogP contribution < -0.4 is 5.32 Å². The number of para-hydroxylation sites is 1. The number of aromatic amines is 1. The molecule has 2 aromatic rings. The molecule has 0 radical (unpaired) electrons. The number of carboxylic acids is 1. The van der Waals surface area contributed by atoms with Gasteiger partial charge in [0.1, 0.15) is 0 Å². The van der Waals surface area contributed by atoms with E-state index in [-0.39, 0.29) is 24.6 Å². The minimum absolute atomic E-state index is 0.166. The smallest absolute Gasteiger partial charge is 0.305 e.